The lowest BCUT2D eigenvalue weighted by atomic mass is 10.4. The van der Waals surface area contributed by atoms with Gasteiger partial charge in [-0.25, -0.2) is 18.1 Å². The van der Waals surface area contributed by atoms with Gasteiger partial charge < -0.3 is 9.84 Å². The van der Waals surface area contributed by atoms with Gasteiger partial charge in [0.2, 0.25) is 10.0 Å². The Morgan fingerprint density at radius 2 is 2.35 bits per heavy atom. The van der Waals surface area contributed by atoms with Gasteiger partial charge in [0.15, 0.2) is 0 Å². The fourth-order valence-corrected chi connectivity index (χ4v) is 2.84. The van der Waals surface area contributed by atoms with E-state index in [0.29, 0.717) is 0 Å². The maximum Gasteiger partial charge on any atom is 0.244 e. The number of sulfonamides is 1. The third-order valence-electron chi connectivity index (χ3n) is 1.92. The molecule has 1 rings (SSSR count). The molecule has 1 aromatic rings. The van der Waals surface area contributed by atoms with E-state index in [4.69, 9.17) is 21.4 Å². The Hall–Kier alpha value is -0.730. The van der Waals surface area contributed by atoms with Gasteiger partial charge in [-0.05, 0) is 12.1 Å². The minimum Gasteiger partial charge on any atom is -0.395 e. The Balaban J connectivity index is 2.92. The molecule has 0 saturated carbocycles. The van der Waals surface area contributed by atoms with Crippen LogP contribution in [0.1, 0.15) is 0 Å². The van der Waals surface area contributed by atoms with Crippen molar-refractivity contribution in [3.05, 3.63) is 23.5 Å². The Bertz CT molecular complexity index is 466. The van der Waals surface area contributed by atoms with Gasteiger partial charge in [-0.2, -0.15) is 0 Å². The molecule has 1 atom stereocenters. The maximum absolute atomic E-state index is 11.9. The van der Waals surface area contributed by atoms with Crippen LogP contribution in [-0.2, 0) is 14.8 Å². The summed E-state index contributed by atoms with van der Waals surface area (Å²) in [7, 11) is -2.40. The number of aliphatic hydroxyl groups excluding tert-OH is 1. The molecule has 1 aromatic heterocycles. The molecule has 8 heteroatoms. The third kappa shape index (κ3) is 3.90. The zero-order valence-electron chi connectivity index (χ0n) is 9.13. The minimum atomic E-state index is -3.81. The van der Waals surface area contributed by atoms with Crippen LogP contribution in [0.2, 0.25) is 5.15 Å². The minimum absolute atomic E-state index is 0.0631. The Labute approximate surface area is 105 Å². The molecular weight excluding hydrogens is 268 g/mol. The first-order chi connectivity index (χ1) is 8.01. The molecule has 0 bridgehead atoms. The van der Waals surface area contributed by atoms with E-state index >= 15 is 0 Å². The predicted octanol–water partition coefficient (Wildman–Crippen LogP) is 0.0206. The van der Waals surface area contributed by atoms with Gasteiger partial charge in [-0.15, -0.1) is 0 Å². The average molecular weight is 281 g/mol. The number of aliphatic hydroxyl groups is 1. The van der Waals surface area contributed by atoms with Crippen molar-refractivity contribution >= 4 is 21.6 Å². The first kappa shape index (κ1) is 14.3. The number of halogens is 1. The number of pyridine rings is 1. The zero-order chi connectivity index (χ0) is 12.9. The first-order valence-corrected chi connectivity index (χ1v) is 6.60. The van der Waals surface area contributed by atoms with Crippen molar-refractivity contribution in [2.24, 2.45) is 0 Å². The number of hydrogen-bond donors (Lipinski definition) is 2. The molecule has 0 aromatic carbocycles. The van der Waals surface area contributed by atoms with Crippen LogP contribution in [0.5, 0.6) is 0 Å². The Morgan fingerprint density at radius 3 is 2.88 bits per heavy atom. The van der Waals surface area contributed by atoms with Gasteiger partial charge in [0, 0.05) is 13.3 Å². The van der Waals surface area contributed by atoms with Gasteiger partial charge in [0.05, 0.1) is 19.3 Å². The molecule has 96 valence electrons. The summed E-state index contributed by atoms with van der Waals surface area (Å²) in [6.07, 6.45) is 1.39. The number of hydrogen-bond acceptors (Lipinski definition) is 5. The summed E-state index contributed by atoms with van der Waals surface area (Å²) in [6.45, 7) is -0.307. The molecule has 2 N–H and O–H groups in total. The van der Waals surface area contributed by atoms with Crippen molar-refractivity contribution in [2.75, 3.05) is 20.3 Å². The Morgan fingerprint density at radius 1 is 1.65 bits per heavy atom. The number of nitrogens with one attached hydrogen (secondary N) is 1. The Kier molecular flexibility index (Phi) is 5.29. The van der Waals surface area contributed by atoms with Gasteiger partial charge >= 0.3 is 0 Å². The second-order valence-electron chi connectivity index (χ2n) is 3.25. The normalized spacial score (nSPS) is 13.6. The van der Waals surface area contributed by atoms with Crippen molar-refractivity contribution in [2.45, 2.75) is 10.9 Å². The summed E-state index contributed by atoms with van der Waals surface area (Å²) in [5.41, 5.74) is 0. The summed E-state index contributed by atoms with van der Waals surface area (Å²) < 4.78 is 30.8. The van der Waals surface area contributed by atoms with E-state index in [1.54, 1.807) is 0 Å². The van der Waals surface area contributed by atoms with Crippen molar-refractivity contribution in [1.82, 2.24) is 9.71 Å². The van der Waals surface area contributed by atoms with Crippen molar-refractivity contribution < 1.29 is 18.3 Å². The quantitative estimate of drug-likeness (QED) is 0.717. The van der Waals surface area contributed by atoms with E-state index in [0.717, 1.165) is 0 Å². The van der Waals surface area contributed by atoms with Crippen LogP contribution in [0.15, 0.2) is 23.2 Å². The van der Waals surface area contributed by atoms with Crippen LogP contribution in [-0.4, -0.2) is 44.9 Å². The van der Waals surface area contributed by atoms with Crippen molar-refractivity contribution in [1.29, 1.82) is 0 Å². The zero-order valence-corrected chi connectivity index (χ0v) is 10.7. The van der Waals surface area contributed by atoms with Crippen molar-refractivity contribution in [3.63, 3.8) is 0 Å². The fraction of sp³-hybridized carbons (Fsp3) is 0.444. The van der Waals surface area contributed by atoms with Gasteiger partial charge in [0.25, 0.3) is 0 Å². The number of aromatic nitrogens is 1. The highest BCUT2D eigenvalue weighted by Gasteiger charge is 2.22. The van der Waals surface area contributed by atoms with Crippen LogP contribution in [0, 0.1) is 0 Å². The van der Waals surface area contributed by atoms with E-state index < -0.39 is 16.1 Å². The second kappa shape index (κ2) is 6.27. The summed E-state index contributed by atoms with van der Waals surface area (Å²) in [6, 6.07) is 2.07. The predicted molar refractivity (Wildman–Crippen MR) is 62.3 cm³/mol. The summed E-state index contributed by atoms with van der Waals surface area (Å²) >= 11 is 5.69. The highest BCUT2D eigenvalue weighted by molar-refractivity contribution is 7.89. The van der Waals surface area contributed by atoms with Crippen LogP contribution >= 0.6 is 11.6 Å². The lowest BCUT2D eigenvalue weighted by Crippen LogP contribution is -2.40. The standard InChI is InChI=1S/C9H13ClN2O4S/c1-16-6-7(5-13)12-17(14,15)8-3-2-4-11-9(8)10/h2-4,7,12-13H,5-6H2,1H3. The number of ether oxygens (including phenoxy) is 1. The largest absolute Gasteiger partial charge is 0.395 e. The highest BCUT2D eigenvalue weighted by atomic mass is 35.5. The highest BCUT2D eigenvalue weighted by Crippen LogP contribution is 2.17. The van der Waals surface area contributed by atoms with Crippen LogP contribution in [0.25, 0.3) is 0 Å². The molecule has 6 nitrogen and oxygen atoms in total. The lowest BCUT2D eigenvalue weighted by Gasteiger charge is -2.15. The van der Waals surface area contributed by atoms with Crippen LogP contribution in [0.3, 0.4) is 0 Å². The van der Waals surface area contributed by atoms with Gasteiger partial charge in [-0.3, -0.25) is 0 Å². The monoisotopic (exact) mass is 280 g/mol. The van der Waals surface area contributed by atoms with E-state index in [2.05, 4.69) is 9.71 Å². The van der Waals surface area contributed by atoms with E-state index in [1.807, 2.05) is 0 Å². The van der Waals surface area contributed by atoms with Gasteiger partial charge in [-0.1, -0.05) is 11.6 Å². The molecule has 0 aliphatic heterocycles. The summed E-state index contributed by atoms with van der Waals surface area (Å²) in [4.78, 5) is 3.55. The lowest BCUT2D eigenvalue weighted by molar-refractivity contribution is 0.139. The smallest absolute Gasteiger partial charge is 0.244 e. The van der Waals surface area contributed by atoms with Crippen molar-refractivity contribution in [3.8, 4) is 0 Å². The maximum atomic E-state index is 11.9. The molecule has 0 fully saturated rings. The molecule has 1 heterocycles. The summed E-state index contributed by atoms with van der Waals surface area (Å²) in [5, 5.41) is 8.86. The average Bonchev–Trinajstić information content (AvgIpc) is 2.28. The van der Waals surface area contributed by atoms with E-state index in [9.17, 15) is 8.42 Å². The summed E-state index contributed by atoms with van der Waals surface area (Å²) in [5.74, 6) is 0. The fourth-order valence-electron chi connectivity index (χ4n) is 1.18. The molecule has 1 unspecified atom stereocenters. The molecule has 0 saturated heterocycles. The second-order valence-corrected chi connectivity index (χ2v) is 5.29. The van der Waals surface area contributed by atoms with Crippen LogP contribution in [0.4, 0.5) is 0 Å². The number of methoxy groups -OCH3 is 1. The van der Waals surface area contributed by atoms with Gasteiger partial charge in [0.1, 0.15) is 10.0 Å². The molecule has 0 amide bonds. The molecule has 0 radical (unpaired) electrons. The third-order valence-corrected chi connectivity index (χ3v) is 3.89. The van der Waals surface area contributed by atoms with E-state index in [-0.39, 0.29) is 23.3 Å². The molecule has 0 aliphatic rings. The first-order valence-electron chi connectivity index (χ1n) is 4.74. The molecular formula is C9H13ClN2O4S. The SMILES string of the molecule is COCC(CO)NS(=O)(=O)c1cccnc1Cl. The van der Waals surface area contributed by atoms with Crippen LogP contribution < -0.4 is 4.72 Å². The molecule has 0 spiro atoms. The van der Waals surface area contributed by atoms with E-state index in [1.165, 1.54) is 25.4 Å². The topological polar surface area (TPSA) is 88.5 Å². The molecule has 0 aliphatic carbocycles. The molecule has 17 heavy (non-hydrogen) atoms. The number of rotatable bonds is 6. The number of nitrogens with zero attached hydrogens (tertiary/aromatic N) is 1.